The highest BCUT2D eigenvalue weighted by Crippen LogP contribution is 2.21. The molecule has 10 heteroatoms. The molecule has 0 radical (unpaired) electrons. The minimum atomic E-state index is -0.854. The number of hydrogen-bond donors (Lipinski definition) is 3. The Bertz CT molecular complexity index is 515. The summed E-state index contributed by atoms with van der Waals surface area (Å²) < 4.78 is 5.91. The smallest absolute Gasteiger partial charge is 0.404 e. The highest BCUT2D eigenvalue weighted by Gasteiger charge is 2.22. The molecule has 0 spiro atoms. The Balaban J connectivity index is 2.45. The van der Waals surface area contributed by atoms with E-state index >= 15 is 0 Å². The Morgan fingerprint density at radius 1 is 1.62 bits per heavy atom. The largest absolute Gasteiger partial charge is 0.448 e. The number of rotatable bonds is 8. The predicted molar refractivity (Wildman–Crippen MR) is 72.8 cm³/mol. The zero-order valence-corrected chi connectivity index (χ0v) is 11.9. The van der Waals surface area contributed by atoms with Crippen LogP contribution in [0.2, 0.25) is 0 Å². The van der Waals surface area contributed by atoms with Gasteiger partial charge in [-0.2, -0.15) is 5.10 Å². The maximum atomic E-state index is 10.9. The highest BCUT2D eigenvalue weighted by molar-refractivity contribution is 5.64. The molecule has 1 rings (SSSR count). The Morgan fingerprint density at radius 3 is 2.81 bits per heavy atom. The molecule has 1 aromatic heterocycles. The molecule has 1 aromatic rings. The van der Waals surface area contributed by atoms with Crippen molar-refractivity contribution in [1.29, 1.82) is 0 Å². The maximum absolute atomic E-state index is 10.9. The Hall–Kier alpha value is -2.20. The second kappa shape index (κ2) is 7.55. The number of nitro groups is 1. The molecule has 118 valence electrons. The number of ether oxygens (including phenoxy) is 1. The Labute approximate surface area is 121 Å². The first-order chi connectivity index (χ1) is 9.82. The summed E-state index contributed by atoms with van der Waals surface area (Å²) in [6.07, 6.45) is -1.64. The molecule has 0 fully saturated rings. The van der Waals surface area contributed by atoms with Crippen LogP contribution in [0.4, 0.5) is 10.5 Å². The summed E-state index contributed by atoms with van der Waals surface area (Å²) in [6, 6.07) is 0. The number of nitrogens with one attached hydrogen (secondary N) is 1. The topological polar surface area (TPSA) is 146 Å². The summed E-state index contributed by atoms with van der Waals surface area (Å²) in [5, 5.41) is 27.6. The first-order valence-electron chi connectivity index (χ1n) is 6.32. The van der Waals surface area contributed by atoms with Crippen molar-refractivity contribution < 1.29 is 19.6 Å². The van der Waals surface area contributed by atoms with Crippen molar-refractivity contribution in [3.8, 4) is 0 Å². The number of nitrogens with zero attached hydrogens (tertiary/aromatic N) is 3. The van der Waals surface area contributed by atoms with Crippen LogP contribution in [0.3, 0.4) is 0 Å². The predicted octanol–water partition coefficient (Wildman–Crippen LogP) is -0.546. The van der Waals surface area contributed by atoms with E-state index in [4.69, 9.17) is 5.73 Å². The zero-order valence-electron chi connectivity index (χ0n) is 11.9. The number of nitrogens with two attached hydrogens (primary N) is 1. The SMILES string of the molecule is Cc1nn(CC(O)CNCCOC(N)=O)c(C)c1[N+](=O)[O-]. The lowest BCUT2D eigenvalue weighted by molar-refractivity contribution is -0.386. The van der Waals surface area contributed by atoms with E-state index in [1.165, 1.54) is 4.68 Å². The van der Waals surface area contributed by atoms with Gasteiger partial charge in [-0.25, -0.2) is 4.79 Å². The maximum Gasteiger partial charge on any atom is 0.404 e. The van der Waals surface area contributed by atoms with Gasteiger partial charge < -0.3 is 20.9 Å². The molecule has 0 aliphatic carbocycles. The summed E-state index contributed by atoms with van der Waals surface area (Å²) in [5.41, 5.74) is 5.46. The monoisotopic (exact) mass is 301 g/mol. The molecule has 4 N–H and O–H groups in total. The quantitative estimate of drug-likeness (QED) is 0.332. The fourth-order valence-corrected chi connectivity index (χ4v) is 1.89. The molecule has 10 nitrogen and oxygen atoms in total. The third-order valence-corrected chi connectivity index (χ3v) is 2.81. The summed E-state index contributed by atoms with van der Waals surface area (Å²) in [7, 11) is 0. The van der Waals surface area contributed by atoms with Crippen LogP contribution in [0.15, 0.2) is 0 Å². The van der Waals surface area contributed by atoms with Gasteiger partial charge in [0.2, 0.25) is 0 Å². The molecule has 0 saturated carbocycles. The van der Waals surface area contributed by atoms with Gasteiger partial charge in [0, 0.05) is 13.1 Å². The van der Waals surface area contributed by atoms with Gasteiger partial charge >= 0.3 is 11.8 Å². The molecule has 1 atom stereocenters. The molecular weight excluding hydrogens is 282 g/mol. The van der Waals surface area contributed by atoms with Crippen molar-refractivity contribution in [1.82, 2.24) is 15.1 Å². The number of hydrogen-bond acceptors (Lipinski definition) is 7. The van der Waals surface area contributed by atoms with Crippen molar-refractivity contribution in [3.63, 3.8) is 0 Å². The van der Waals surface area contributed by atoms with Crippen LogP contribution in [-0.2, 0) is 11.3 Å². The van der Waals surface area contributed by atoms with Crippen molar-refractivity contribution in [3.05, 3.63) is 21.5 Å². The van der Waals surface area contributed by atoms with Gasteiger partial charge in [0.15, 0.2) is 0 Å². The number of aliphatic hydroxyl groups excluding tert-OH is 1. The number of carbonyl (C=O) groups is 1. The van der Waals surface area contributed by atoms with Gasteiger partial charge in [-0.1, -0.05) is 0 Å². The van der Waals surface area contributed by atoms with Gasteiger partial charge in [-0.05, 0) is 13.8 Å². The lowest BCUT2D eigenvalue weighted by atomic mass is 10.3. The van der Waals surface area contributed by atoms with E-state index in [9.17, 15) is 20.0 Å². The molecule has 1 heterocycles. The van der Waals surface area contributed by atoms with Crippen LogP contribution >= 0.6 is 0 Å². The summed E-state index contributed by atoms with van der Waals surface area (Å²) >= 11 is 0. The minimum Gasteiger partial charge on any atom is -0.448 e. The van der Waals surface area contributed by atoms with E-state index in [0.29, 0.717) is 17.9 Å². The van der Waals surface area contributed by atoms with Crippen molar-refractivity contribution in [2.45, 2.75) is 26.5 Å². The molecule has 0 saturated heterocycles. The fourth-order valence-electron chi connectivity index (χ4n) is 1.89. The molecular formula is C11H19N5O5. The van der Waals surface area contributed by atoms with E-state index in [-0.39, 0.29) is 25.4 Å². The Morgan fingerprint density at radius 2 is 2.29 bits per heavy atom. The third kappa shape index (κ3) is 5.00. The second-order valence-corrected chi connectivity index (χ2v) is 4.48. The average molecular weight is 301 g/mol. The minimum absolute atomic E-state index is 0.0370. The number of aryl methyl sites for hydroxylation is 1. The van der Waals surface area contributed by atoms with E-state index < -0.39 is 17.1 Å². The van der Waals surface area contributed by atoms with Gasteiger partial charge in [0.25, 0.3) is 0 Å². The first kappa shape index (κ1) is 16.9. The van der Waals surface area contributed by atoms with E-state index in [1.807, 2.05) is 0 Å². The molecule has 21 heavy (non-hydrogen) atoms. The third-order valence-electron chi connectivity index (χ3n) is 2.81. The first-order valence-corrected chi connectivity index (χ1v) is 6.32. The van der Waals surface area contributed by atoms with Crippen LogP contribution in [-0.4, -0.2) is 51.7 Å². The molecule has 0 aliphatic rings. The normalized spacial score (nSPS) is 12.1. The van der Waals surface area contributed by atoms with Crippen molar-refractivity contribution >= 4 is 11.8 Å². The lowest BCUT2D eigenvalue weighted by Gasteiger charge is -2.12. The van der Waals surface area contributed by atoms with Crippen molar-refractivity contribution in [2.75, 3.05) is 19.7 Å². The molecule has 1 amide bonds. The van der Waals surface area contributed by atoms with Crippen LogP contribution in [0.1, 0.15) is 11.4 Å². The summed E-state index contributed by atoms with van der Waals surface area (Å²) in [4.78, 5) is 20.7. The standard InChI is InChI=1S/C11H19N5O5/c1-7-10(16(19)20)8(2)15(14-7)6-9(17)5-13-3-4-21-11(12)18/h9,13,17H,3-6H2,1-2H3,(H2,12,18). The average Bonchev–Trinajstić information content (AvgIpc) is 2.63. The number of aliphatic hydroxyl groups is 1. The molecule has 0 aliphatic heterocycles. The van der Waals surface area contributed by atoms with E-state index in [0.717, 1.165) is 0 Å². The van der Waals surface area contributed by atoms with E-state index in [2.05, 4.69) is 15.2 Å². The van der Waals surface area contributed by atoms with Crippen LogP contribution in [0, 0.1) is 24.0 Å². The second-order valence-electron chi connectivity index (χ2n) is 4.48. The highest BCUT2D eigenvalue weighted by atomic mass is 16.6. The van der Waals surface area contributed by atoms with E-state index in [1.54, 1.807) is 13.8 Å². The number of aromatic nitrogens is 2. The number of primary amides is 1. The Kier molecular flexibility index (Phi) is 6.06. The van der Waals surface area contributed by atoms with Crippen LogP contribution < -0.4 is 11.1 Å². The zero-order chi connectivity index (χ0) is 16.0. The number of amides is 1. The fraction of sp³-hybridized carbons (Fsp3) is 0.636. The van der Waals surface area contributed by atoms with Crippen LogP contribution in [0.5, 0.6) is 0 Å². The van der Waals surface area contributed by atoms with Gasteiger partial charge in [0.05, 0.1) is 17.6 Å². The molecule has 0 aromatic carbocycles. The van der Waals surface area contributed by atoms with Crippen LogP contribution in [0.25, 0.3) is 0 Å². The molecule has 1 unspecified atom stereocenters. The summed E-state index contributed by atoms with van der Waals surface area (Å²) in [5.74, 6) is 0. The summed E-state index contributed by atoms with van der Waals surface area (Å²) in [6.45, 7) is 3.94. The van der Waals surface area contributed by atoms with Gasteiger partial charge in [-0.3, -0.25) is 14.8 Å². The molecule has 0 bridgehead atoms. The number of carbonyl (C=O) groups excluding carboxylic acids is 1. The van der Waals surface area contributed by atoms with Gasteiger partial charge in [-0.15, -0.1) is 0 Å². The lowest BCUT2D eigenvalue weighted by Crippen LogP contribution is -2.33. The van der Waals surface area contributed by atoms with Crippen molar-refractivity contribution in [2.24, 2.45) is 5.73 Å². The van der Waals surface area contributed by atoms with Gasteiger partial charge in [0.1, 0.15) is 18.0 Å².